The van der Waals surface area contributed by atoms with Crippen LogP contribution in [0.1, 0.15) is 31.0 Å². The van der Waals surface area contributed by atoms with Gasteiger partial charge in [0.1, 0.15) is 12.0 Å². The maximum absolute atomic E-state index is 12.3. The molecule has 0 saturated carbocycles. The van der Waals surface area contributed by atoms with E-state index in [2.05, 4.69) is 62.4 Å². The van der Waals surface area contributed by atoms with Gasteiger partial charge in [0.2, 0.25) is 5.91 Å². The second-order valence-corrected chi connectivity index (χ2v) is 9.00. The minimum Gasteiger partial charge on any atom is -0.350 e. The monoisotopic (exact) mass is 484 g/mol. The molecule has 0 fully saturated rings. The van der Waals surface area contributed by atoms with Crippen LogP contribution >= 0.6 is 27.7 Å². The smallest absolute Gasteiger partial charge is 0.230 e. The Morgan fingerprint density at radius 3 is 2.73 bits per heavy atom. The molecule has 154 valence electrons. The van der Waals surface area contributed by atoms with Gasteiger partial charge in [-0.2, -0.15) is 0 Å². The molecule has 1 amide bonds. The summed E-state index contributed by atoms with van der Waals surface area (Å²) < 4.78 is 4.79. The number of pyridine rings is 1. The molecular formula is C21H21BrN6OS. The van der Waals surface area contributed by atoms with Crippen molar-refractivity contribution in [2.45, 2.75) is 31.5 Å². The second kappa shape index (κ2) is 9.01. The second-order valence-electron chi connectivity index (χ2n) is 7.14. The molecule has 0 aliphatic heterocycles. The zero-order chi connectivity index (χ0) is 21.1. The Bertz CT molecular complexity index is 1170. The third-order valence-corrected chi connectivity index (χ3v) is 6.03. The van der Waals surface area contributed by atoms with Crippen LogP contribution in [0.15, 0.2) is 64.7 Å². The highest BCUT2D eigenvalue weighted by molar-refractivity contribution is 9.10. The van der Waals surface area contributed by atoms with Crippen LogP contribution in [0.2, 0.25) is 0 Å². The molecule has 1 N–H and O–H groups in total. The maximum Gasteiger partial charge on any atom is 0.230 e. The molecule has 0 aliphatic rings. The van der Waals surface area contributed by atoms with Gasteiger partial charge in [-0.15, -0.1) is 10.2 Å². The van der Waals surface area contributed by atoms with E-state index in [1.54, 1.807) is 6.33 Å². The molecule has 1 aromatic carbocycles. The summed E-state index contributed by atoms with van der Waals surface area (Å²) >= 11 is 4.80. The molecule has 0 saturated heterocycles. The van der Waals surface area contributed by atoms with Crippen molar-refractivity contribution >= 4 is 39.2 Å². The van der Waals surface area contributed by atoms with Gasteiger partial charge in [-0.3, -0.25) is 9.36 Å². The molecule has 0 bridgehead atoms. The average molecular weight is 485 g/mol. The Labute approximate surface area is 187 Å². The fraction of sp³-hybridized carbons (Fsp3) is 0.238. The van der Waals surface area contributed by atoms with Gasteiger partial charge in [-0.25, -0.2) is 4.98 Å². The highest BCUT2D eigenvalue weighted by atomic mass is 79.9. The fourth-order valence-corrected chi connectivity index (χ4v) is 4.10. The van der Waals surface area contributed by atoms with Crippen LogP contribution in [-0.4, -0.2) is 35.8 Å². The number of hydrogen-bond acceptors (Lipinski definition) is 5. The van der Waals surface area contributed by atoms with E-state index >= 15 is 0 Å². The summed E-state index contributed by atoms with van der Waals surface area (Å²) in [5.41, 5.74) is 3.90. The molecule has 4 rings (SSSR count). The molecule has 0 spiro atoms. The highest BCUT2D eigenvalue weighted by Crippen LogP contribution is 2.21. The van der Waals surface area contributed by atoms with Crippen LogP contribution in [-0.2, 0) is 11.3 Å². The Balaban J connectivity index is 1.34. The van der Waals surface area contributed by atoms with Crippen LogP contribution in [0.4, 0.5) is 0 Å². The van der Waals surface area contributed by atoms with Gasteiger partial charge in [0.25, 0.3) is 0 Å². The molecule has 9 heteroatoms. The van der Waals surface area contributed by atoms with Gasteiger partial charge in [0.05, 0.1) is 18.0 Å². The fourth-order valence-electron chi connectivity index (χ4n) is 2.99. The van der Waals surface area contributed by atoms with E-state index in [9.17, 15) is 4.79 Å². The van der Waals surface area contributed by atoms with E-state index in [0.29, 0.717) is 17.6 Å². The standard InChI is InChI=1S/C21H21BrN6OS/c1-14(2)15-3-6-18(7-4-15)28-13-24-26-21(28)30-12-20(29)23-9-17-11-27-10-16(22)5-8-19(27)25-17/h3-8,10-11,13-14H,9,12H2,1-2H3,(H,23,29). The molecule has 0 radical (unpaired) electrons. The normalized spacial score (nSPS) is 11.3. The number of imidazole rings is 1. The van der Waals surface area contributed by atoms with Crippen molar-refractivity contribution in [3.05, 3.63) is 70.8 Å². The largest absolute Gasteiger partial charge is 0.350 e. The molecule has 0 aliphatic carbocycles. The Kier molecular flexibility index (Phi) is 6.19. The molecule has 3 aromatic heterocycles. The average Bonchev–Trinajstić information content (AvgIpc) is 3.37. The van der Waals surface area contributed by atoms with E-state index < -0.39 is 0 Å². The Hall–Kier alpha value is -2.65. The number of carbonyl (C=O) groups is 1. The van der Waals surface area contributed by atoms with Crippen LogP contribution in [0.3, 0.4) is 0 Å². The van der Waals surface area contributed by atoms with Crippen molar-refractivity contribution in [1.82, 2.24) is 29.5 Å². The lowest BCUT2D eigenvalue weighted by Gasteiger charge is -2.09. The summed E-state index contributed by atoms with van der Waals surface area (Å²) in [6.07, 6.45) is 5.51. The van der Waals surface area contributed by atoms with Crippen LogP contribution < -0.4 is 5.32 Å². The molecule has 4 aromatic rings. The first-order chi connectivity index (χ1) is 14.5. The summed E-state index contributed by atoms with van der Waals surface area (Å²) in [5.74, 6) is 0.650. The number of rotatable bonds is 7. The number of thioether (sulfide) groups is 1. The molecule has 0 unspecified atom stereocenters. The molecule has 7 nitrogen and oxygen atoms in total. The predicted octanol–water partition coefficient (Wildman–Crippen LogP) is 4.21. The van der Waals surface area contributed by atoms with Crippen molar-refractivity contribution in [3.8, 4) is 5.69 Å². The zero-order valence-electron chi connectivity index (χ0n) is 16.6. The minimum absolute atomic E-state index is 0.0806. The van der Waals surface area contributed by atoms with E-state index in [4.69, 9.17) is 0 Å². The van der Waals surface area contributed by atoms with Crippen LogP contribution in [0.5, 0.6) is 0 Å². The quantitative estimate of drug-likeness (QED) is 0.397. The van der Waals surface area contributed by atoms with E-state index in [-0.39, 0.29) is 11.7 Å². The minimum atomic E-state index is -0.0806. The Morgan fingerprint density at radius 1 is 1.17 bits per heavy atom. The number of benzene rings is 1. The summed E-state index contributed by atoms with van der Waals surface area (Å²) in [6.45, 7) is 4.71. The summed E-state index contributed by atoms with van der Waals surface area (Å²) in [4.78, 5) is 16.8. The maximum atomic E-state index is 12.3. The lowest BCUT2D eigenvalue weighted by atomic mass is 10.0. The lowest BCUT2D eigenvalue weighted by Crippen LogP contribution is -2.24. The topological polar surface area (TPSA) is 77.1 Å². The number of nitrogens with zero attached hydrogens (tertiary/aromatic N) is 5. The number of halogens is 1. The van der Waals surface area contributed by atoms with Crippen molar-refractivity contribution in [3.63, 3.8) is 0 Å². The number of amides is 1. The van der Waals surface area contributed by atoms with Crippen molar-refractivity contribution in [2.75, 3.05) is 5.75 Å². The molecule has 3 heterocycles. The van der Waals surface area contributed by atoms with Gasteiger partial charge >= 0.3 is 0 Å². The summed E-state index contributed by atoms with van der Waals surface area (Å²) in [5, 5.41) is 11.7. The number of carbonyl (C=O) groups excluding carboxylic acids is 1. The number of fused-ring (bicyclic) bond motifs is 1. The SMILES string of the molecule is CC(C)c1ccc(-n2cnnc2SCC(=O)NCc2cn3cc(Br)ccc3n2)cc1. The van der Waals surface area contributed by atoms with Gasteiger partial charge in [-0.1, -0.05) is 37.7 Å². The Morgan fingerprint density at radius 2 is 1.97 bits per heavy atom. The van der Waals surface area contributed by atoms with Crippen molar-refractivity contribution < 1.29 is 4.79 Å². The summed E-state index contributed by atoms with van der Waals surface area (Å²) in [6, 6.07) is 12.2. The van der Waals surface area contributed by atoms with Crippen LogP contribution in [0.25, 0.3) is 11.3 Å². The third-order valence-electron chi connectivity index (χ3n) is 4.62. The molecule has 0 atom stereocenters. The first kappa shape index (κ1) is 20.6. The van der Waals surface area contributed by atoms with E-state index in [1.165, 1.54) is 17.3 Å². The van der Waals surface area contributed by atoms with Gasteiger partial charge in [0, 0.05) is 22.6 Å². The highest BCUT2D eigenvalue weighted by Gasteiger charge is 2.11. The first-order valence-corrected chi connectivity index (χ1v) is 11.3. The van der Waals surface area contributed by atoms with Gasteiger partial charge in [-0.05, 0) is 51.7 Å². The zero-order valence-corrected chi connectivity index (χ0v) is 19.0. The lowest BCUT2D eigenvalue weighted by molar-refractivity contribution is -0.118. The summed E-state index contributed by atoms with van der Waals surface area (Å²) in [7, 11) is 0. The first-order valence-electron chi connectivity index (χ1n) is 9.52. The molecule has 30 heavy (non-hydrogen) atoms. The number of hydrogen-bond donors (Lipinski definition) is 1. The van der Waals surface area contributed by atoms with E-state index in [1.807, 2.05) is 45.6 Å². The third kappa shape index (κ3) is 4.73. The number of nitrogens with one attached hydrogen (secondary N) is 1. The van der Waals surface area contributed by atoms with Crippen LogP contribution in [0, 0.1) is 0 Å². The predicted molar refractivity (Wildman–Crippen MR) is 121 cm³/mol. The van der Waals surface area contributed by atoms with Gasteiger partial charge < -0.3 is 9.72 Å². The number of aromatic nitrogens is 5. The van der Waals surface area contributed by atoms with Crippen molar-refractivity contribution in [1.29, 1.82) is 0 Å². The van der Waals surface area contributed by atoms with Gasteiger partial charge in [0.15, 0.2) is 5.16 Å². The molecular weight excluding hydrogens is 464 g/mol. The van der Waals surface area contributed by atoms with E-state index in [0.717, 1.165) is 21.5 Å². The van der Waals surface area contributed by atoms with Crippen molar-refractivity contribution in [2.24, 2.45) is 0 Å².